The number of ether oxygens (including phenoxy) is 1. The third-order valence-electron chi connectivity index (χ3n) is 4.07. The van der Waals surface area contributed by atoms with E-state index < -0.39 is 0 Å². The van der Waals surface area contributed by atoms with E-state index in [1.807, 2.05) is 19.9 Å². The van der Waals surface area contributed by atoms with Gasteiger partial charge in [-0.05, 0) is 43.9 Å². The van der Waals surface area contributed by atoms with Crippen LogP contribution < -0.4 is 10.6 Å². The Morgan fingerprint density at radius 3 is 2.96 bits per heavy atom. The minimum atomic E-state index is -0.211. The van der Waals surface area contributed by atoms with Gasteiger partial charge in [0, 0.05) is 24.9 Å². The molecule has 1 aliphatic rings. The Kier molecular flexibility index (Phi) is 5.05. The highest BCUT2D eigenvalue weighted by atomic mass is 16.5. The molecule has 1 aromatic heterocycles. The van der Waals surface area contributed by atoms with Crippen molar-refractivity contribution in [2.45, 2.75) is 32.8 Å². The van der Waals surface area contributed by atoms with Crippen LogP contribution in [0.3, 0.4) is 0 Å². The quantitative estimate of drug-likeness (QED) is 0.883. The summed E-state index contributed by atoms with van der Waals surface area (Å²) in [5, 5.41) is 6.12. The third kappa shape index (κ3) is 4.08. The van der Waals surface area contributed by atoms with Gasteiger partial charge >= 0.3 is 0 Å². The number of carbonyl (C=O) groups excluding carboxylic acids is 1. The van der Waals surface area contributed by atoms with Crippen LogP contribution in [-0.2, 0) is 4.74 Å². The highest BCUT2D eigenvalue weighted by Crippen LogP contribution is 2.20. The maximum Gasteiger partial charge on any atom is 0.270 e. The molecule has 1 unspecified atom stereocenters. The van der Waals surface area contributed by atoms with Gasteiger partial charge in [0.05, 0.1) is 6.10 Å². The minimum absolute atomic E-state index is 0.114. The molecule has 1 saturated heterocycles. The van der Waals surface area contributed by atoms with E-state index in [-0.39, 0.29) is 12.0 Å². The van der Waals surface area contributed by atoms with Crippen LogP contribution in [0.1, 0.15) is 34.5 Å². The Bertz CT molecular complexity index is 727. The summed E-state index contributed by atoms with van der Waals surface area (Å²) in [6, 6.07) is 7.82. The molecule has 0 spiro atoms. The number of hydrogen-bond acceptors (Lipinski definition) is 5. The van der Waals surface area contributed by atoms with Gasteiger partial charge in [0.1, 0.15) is 17.8 Å². The largest absolute Gasteiger partial charge is 0.376 e. The fourth-order valence-electron chi connectivity index (χ4n) is 2.66. The second kappa shape index (κ2) is 7.40. The predicted octanol–water partition coefficient (Wildman–Crippen LogP) is 2.75. The fraction of sp³-hybridized carbons (Fsp3) is 0.389. The van der Waals surface area contributed by atoms with Crippen molar-refractivity contribution < 1.29 is 9.53 Å². The molecule has 3 rings (SSSR count). The molecule has 1 aliphatic heterocycles. The molecule has 2 N–H and O–H groups in total. The van der Waals surface area contributed by atoms with Crippen LogP contribution in [0, 0.1) is 13.8 Å². The molecule has 0 saturated carbocycles. The van der Waals surface area contributed by atoms with Crippen molar-refractivity contribution in [2.24, 2.45) is 0 Å². The van der Waals surface area contributed by atoms with Gasteiger partial charge < -0.3 is 15.4 Å². The smallest absolute Gasteiger partial charge is 0.270 e. The standard InChI is InChI=1S/C18H22N4O2/c1-12-5-6-13(2)15(8-12)22-17-9-16(20-11-21-17)18(23)19-10-14-4-3-7-24-14/h5-6,8-9,11,14H,3-4,7,10H2,1-2H3,(H,19,23)(H,20,21,22). The van der Waals surface area contributed by atoms with Crippen molar-refractivity contribution in [3.05, 3.63) is 47.4 Å². The van der Waals surface area contributed by atoms with Crippen LogP contribution >= 0.6 is 0 Å². The van der Waals surface area contributed by atoms with E-state index in [1.54, 1.807) is 6.07 Å². The summed E-state index contributed by atoms with van der Waals surface area (Å²) in [6.45, 7) is 5.35. The highest BCUT2D eigenvalue weighted by Gasteiger charge is 2.17. The molecule has 2 heterocycles. The van der Waals surface area contributed by atoms with E-state index in [0.717, 1.165) is 36.3 Å². The van der Waals surface area contributed by atoms with E-state index in [2.05, 4.69) is 32.7 Å². The maximum absolute atomic E-state index is 12.2. The lowest BCUT2D eigenvalue weighted by Crippen LogP contribution is -2.32. The molecule has 1 fully saturated rings. The molecule has 0 aliphatic carbocycles. The zero-order valence-corrected chi connectivity index (χ0v) is 14.0. The zero-order valence-electron chi connectivity index (χ0n) is 14.0. The third-order valence-corrected chi connectivity index (χ3v) is 4.07. The first kappa shape index (κ1) is 16.4. The first-order chi connectivity index (χ1) is 11.6. The molecule has 1 atom stereocenters. The normalized spacial score (nSPS) is 16.8. The number of nitrogens with zero attached hydrogens (tertiary/aromatic N) is 2. The number of hydrogen-bond donors (Lipinski definition) is 2. The van der Waals surface area contributed by atoms with E-state index in [1.165, 1.54) is 6.33 Å². The van der Waals surface area contributed by atoms with Crippen molar-refractivity contribution >= 4 is 17.4 Å². The number of nitrogens with one attached hydrogen (secondary N) is 2. The maximum atomic E-state index is 12.2. The lowest BCUT2D eigenvalue weighted by atomic mass is 10.1. The molecular formula is C18H22N4O2. The summed E-state index contributed by atoms with van der Waals surface area (Å²) in [6.07, 6.45) is 3.55. The van der Waals surface area contributed by atoms with Gasteiger partial charge in [0.2, 0.25) is 0 Å². The first-order valence-corrected chi connectivity index (χ1v) is 8.18. The first-order valence-electron chi connectivity index (χ1n) is 8.18. The van der Waals surface area contributed by atoms with E-state index >= 15 is 0 Å². The SMILES string of the molecule is Cc1ccc(C)c(Nc2cc(C(=O)NCC3CCCO3)ncn2)c1. The van der Waals surface area contributed by atoms with Gasteiger partial charge in [-0.15, -0.1) is 0 Å². The second-order valence-corrected chi connectivity index (χ2v) is 6.08. The monoisotopic (exact) mass is 326 g/mol. The topological polar surface area (TPSA) is 76.1 Å². The summed E-state index contributed by atoms with van der Waals surface area (Å²) in [7, 11) is 0. The number of amides is 1. The van der Waals surface area contributed by atoms with E-state index in [0.29, 0.717) is 18.1 Å². The summed E-state index contributed by atoms with van der Waals surface area (Å²) in [5.74, 6) is 0.387. The summed E-state index contributed by atoms with van der Waals surface area (Å²) in [5.41, 5.74) is 3.59. The second-order valence-electron chi connectivity index (χ2n) is 6.08. The molecule has 2 aromatic rings. The Morgan fingerprint density at radius 1 is 1.29 bits per heavy atom. The molecule has 1 aromatic carbocycles. The van der Waals surface area contributed by atoms with Crippen LogP contribution in [-0.4, -0.2) is 35.1 Å². The Balaban J connectivity index is 1.66. The Morgan fingerprint density at radius 2 is 2.17 bits per heavy atom. The summed E-state index contributed by atoms with van der Waals surface area (Å²) < 4.78 is 5.51. The fourth-order valence-corrected chi connectivity index (χ4v) is 2.66. The average molecular weight is 326 g/mol. The highest BCUT2D eigenvalue weighted by molar-refractivity contribution is 5.93. The van der Waals surface area contributed by atoms with Crippen molar-refractivity contribution in [1.82, 2.24) is 15.3 Å². The molecule has 126 valence electrons. The van der Waals surface area contributed by atoms with Crippen LogP contribution in [0.4, 0.5) is 11.5 Å². The van der Waals surface area contributed by atoms with Gasteiger partial charge in [0.25, 0.3) is 5.91 Å². The van der Waals surface area contributed by atoms with Crippen LogP contribution in [0.15, 0.2) is 30.6 Å². The number of aryl methyl sites for hydroxylation is 2. The Hall–Kier alpha value is -2.47. The van der Waals surface area contributed by atoms with Crippen molar-refractivity contribution in [3.63, 3.8) is 0 Å². The molecule has 0 bridgehead atoms. The van der Waals surface area contributed by atoms with Crippen molar-refractivity contribution in [1.29, 1.82) is 0 Å². The van der Waals surface area contributed by atoms with Crippen molar-refractivity contribution in [3.8, 4) is 0 Å². The average Bonchev–Trinajstić information content (AvgIpc) is 3.10. The molecule has 6 heteroatoms. The zero-order chi connectivity index (χ0) is 16.9. The number of anilines is 2. The number of benzene rings is 1. The van der Waals surface area contributed by atoms with E-state index in [9.17, 15) is 4.79 Å². The lowest BCUT2D eigenvalue weighted by molar-refractivity contribution is 0.0853. The number of carbonyl (C=O) groups is 1. The molecule has 1 amide bonds. The van der Waals surface area contributed by atoms with Gasteiger partial charge in [-0.25, -0.2) is 9.97 Å². The van der Waals surface area contributed by atoms with Crippen molar-refractivity contribution in [2.75, 3.05) is 18.5 Å². The summed E-state index contributed by atoms with van der Waals surface area (Å²) >= 11 is 0. The summed E-state index contributed by atoms with van der Waals surface area (Å²) in [4.78, 5) is 20.5. The van der Waals surface area contributed by atoms with Gasteiger partial charge in [0.15, 0.2) is 0 Å². The van der Waals surface area contributed by atoms with Crippen LogP contribution in [0.25, 0.3) is 0 Å². The number of rotatable bonds is 5. The number of aromatic nitrogens is 2. The molecule has 6 nitrogen and oxygen atoms in total. The van der Waals surface area contributed by atoms with Gasteiger partial charge in [-0.2, -0.15) is 0 Å². The van der Waals surface area contributed by atoms with Crippen LogP contribution in [0.2, 0.25) is 0 Å². The molecule has 0 radical (unpaired) electrons. The van der Waals surface area contributed by atoms with E-state index in [4.69, 9.17) is 4.74 Å². The van der Waals surface area contributed by atoms with Gasteiger partial charge in [-0.1, -0.05) is 12.1 Å². The Labute approximate surface area is 141 Å². The molecular weight excluding hydrogens is 304 g/mol. The lowest BCUT2D eigenvalue weighted by Gasteiger charge is -2.12. The van der Waals surface area contributed by atoms with Crippen LogP contribution in [0.5, 0.6) is 0 Å². The van der Waals surface area contributed by atoms with Gasteiger partial charge in [-0.3, -0.25) is 4.79 Å². The predicted molar refractivity (Wildman–Crippen MR) is 92.5 cm³/mol. The molecule has 24 heavy (non-hydrogen) atoms. The minimum Gasteiger partial charge on any atom is -0.376 e.